The van der Waals surface area contributed by atoms with Crippen LogP contribution in [0, 0.1) is 0 Å². The van der Waals surface area contributed by atoms with E-state index in [1.165, 1.54) is 6.92 Å². The van der Waals surface area contributed by atoms with Gasteiger partial charge in [0.15, 0.2) is 19.3 Å². The number of ketones is 1. The number of benzene rings is 1. The summed E-state index contributed by atoms with van der Waals surface area (Å²) in [6.45, 7) is 3.22. The highest BCUT2D eigenvalue weighted by molar-refractivity contribution is 9.12. The molecule has 0 bridgehead atoms. The third-order valence-corrected chi connectivity index (χ3v) is 7.92. The van der Waals surface area contributed by atoms with Gasteiger partial charge in [0, 0.05) is 15.8 Å². The molecule has 0 saturated carbocycles. The number of hydrogen-bond donors (Lipinski definition) is 0. The molecule has 0 aliphatic rings. The lowest BCUT2D eigenvalue weighted by molar-refractivity contribution is 0.0976. The summed E-state index contributed by atoms with van der Waals surface area (Å²) >= 11 is 6.41. The molecule has 1 unspecified atom stereocenters. The van der Waals surface area contributed by atoms with E-state index >= 15 is 0 Å². The van der Waals surface area contributed by atoms with E-state index in [-0.39, 0.29) is 12.2 Å². The SMILES string of the molecule is CCC(Br)(C(=O)c1ccc(Br)cc1)S(=O)(=O)CC. The standard InChI is InChI=1S/C12H14Br2O3S/c1-3-12(14,18(16,17)4-2)11(15)9-5-7-10(13)8-6-9/h5-8H,3-4H2,1-2H3. The second kappa shape index (κ2) is 5.84. The molecule has 0 amide bonds. The topological polar surface area (TPSA) is 51.2 Å². The smallest absolute Gasteiger partial charge is 0.194 e. The van der Waals surface area contributed by atoms with Crippen LogP contribution in [0.3, 0.4) is 0 Å². The van der Waals surface area contributed by atoms with Crippen LogP contribution in [0.4, 0.5) is 0 Å². The van der Waals surface area contributed by atoms with Crippen LogP contribution >= 0.6 is 31.9 Å². The van der Waals surface area contributed by atoms with Gasteiger partial charge in [-0.25, -0.2) is 8.42 Å². The van der Waals surface area contributed by atoms with Crippen molar-refractivity contribution >= 4 is 47.5 Å². The molecule has 0 aliphatic heterocycles. The first kappa shape index (κ1) is 15.9. The van der Waals surface area contributed by atoms with Gasteiger partial charge >= 0.3 is 0 Å². The molecule has 0 N–H and O–H groups in total. The van der Waals surface area contributed by atoms with Crippen molar-refractivity contribution in [2.24, 2.45) is 0 Å². The summed E-state index contributed by atoms with van der Waals surface area (Å²) in [6, 6.07) is 6.66. The van der Waals surface area contributed by atoms with Gasteiger partial charge in [-0.1, -0.05) is 57.8 Å². The lowest BCUT2D eigenvalue weighted by Crippen LogP contribution is -2.41. The number of sulfone groups is 1. The molecule has 1 aromatic carbocycles. The Morgan fingerprint density at radius 2 is 1.72 bits per heavy atom. The van der Waals surface area contributed by atoms with Crippen molar-refractivity contribution in [3.05, 3.63) is 34.3 Å². The molecule has 100 valence electrons. The second-order valence-electron chi connectivity index (χ2n) is 3.82. The summed E-state index contributed by atoms with van der Waals surface area (Å²) in [5.74, 6) is -0.492. The molecule has 6 heteroatoms. The maximum Gasteiger partial charge on any atom is 0.194 e. The second-order valence-corrected chi connectivity index (χ2v) is 9.12. The lowest BCUT2D eigenvalue weighted by Gasteiger charge is -2.24. The summed E-state index contributed by atoms with van der Waals surface area (Å²) < 4.78 is 23.4. The minimum Gasteiger partial charge on any atom is -0.291 e. The van der Waals surface area contributed by atoms with Crippen molar-refractivity contribution in [2.75, 3.05) is 5.75 Å². The molecule has 0 spiro atoms. The summed E-state index contributed by atoms with van der Waals surface area (Å²) in [5.41, 5.74) is 0.383. The van der Waals surface area contributed by atoms with Crippen molar-refractivity contribution in [3.63, 3.8) is 0 Å². The summed E-state index contributed by atoms with van der Waals surface area (Å²) in [4.78, 5) is 12.4. The molecule has 1 rings (SSSR count). The van der Waals surface area contributed by atoms with Crippen LogP contribution in [0.5, 0.6) is 0 Å². The van der Waals surface area contributed by atoms with Crippen LogP contribution in [0.1, 0.15) is 30.6 Å². The zero-order chi connectivity index (χ0) is 14.0. The maximum absolute atomic E-state index is 12.4. The Morgan fingerprint density at radius 1 is 1.22 bits per heavy atom. The Morgan fingerprint density at radius 3 is 2.11 bits per heavy atom. The van der Waals surface area contributed by atoms with Gasteiger partial charge in [-0.3, -0.25) is 4.79 Å². The van der Waals surface area contributed by atoms with Crippen LogP contribution in [0.15, 0.2) is 28.7 Å². The highest BCUT2D eigenvalue weighted by Gasteiger charge is 2.45. The summed E-state index contributed by atoms with van der Waals surface area (Å²) in [7, 11) is -3.51. The summed E-state index contributed by atoms with van der Waals surface area (Å²) in [5, 5.41) is 0. The fourth-order valence-corrected chi connectivity index (χ4v) is 4.05. The van der Waals surface area contributed by atoms with Crippen molar-refractivity contribution in [1.29, 1.82) is 0 Å². The predicted molar refractivity (Wildman–Crippen MR) is 79.9 cm³/mol. The number of halogens is 2. The Kier molecular flexibility index (Phi) is 5.14. The zero-order valence-electron chi connectivity index (χ0n) is 10.1. The van der Waals surface area contributed by atoms with E-state index in [1.807, 2.05) is 0 Å². The van der Waals surface area contributed by atoms with Crippen molar-refractivity contribution in [2.45, 2.75) is 23.9 Å². The average molecular weight is 398 g/mol. The van der Waals surface area contributed by atoms with Gasteiger partial charge < -0.3 is 0 Å². The number of carbonyl (C=O) groups is 1. The molecular formula is C12H14Br2O3S. The third kappa shape index (κ3) is 2.86. The number of carbonyl (C=O) groups excluding carboxylic acids is 1. The van der Waals surface area contributed by atoms with Crippen molar-refractivity contribution < 1.29 is 13.2 Å². The first-order valence-corrected chi connectivity index (χ1v) is 8.74. The average Bonchev–Trinajstić information content (AvgIpc) is 2.37. The number of hydrogen-bond acceptors (Lipinski definition) is 3. The van der Waals surface area contributed by atoms with E-state index in [0.717, 1.165) is 4.47 Å². The van der Waals surface area contributed by atoms with Crippen LogP contribution in [0.2, 0.25) is 0 Å². The van der Waals surface area contributed by atoms with E-state index < -0.39 is 19.3 Å². The highest BCUT2D eigenvalue weighted by atomic mass is 79.9. The predicted octanol–water partition coefficient (Wildman–Crippen LogP) is 3.57. The highest BCUT2D eigenvalue weighted by Crippen LogP contribution is 2.34. The van der Waals surface area contributed by atoms with Crippen molar-refractivity contribution in [3.8, 4) is 0 Å². The maximum atomic E-state index is 12.4. The zero-order valence-corrected chi connectivity index (χ0v) is 14.1. The van der Waals surface area contributed by atoms with Crippen LogP contribution in [-0.4, -0.2) is 23.6 Å². The van der Waals surface area contributed by atoms with Crippen LogP contribution in [0.25, 0.3) is 0 Å². The molecule has 0 aliphatic carbocycles. The van der Waals surface area contributed by atoms with Crippen LogP contribution in [-0.2, 0) is 9.84 Å². The molecular weight excluding hydrogens is 384 g/mol. The van der Waals surface area contributed by atoms with E-state index in [2.05, 4.69) is 31.9 Å². The molecule has 1 aromatic rings. The minimum atomic E-state index is -3.51. The minimum absolute atomic E-state index is 0.0750. The van der Waals surface area contributed by atoms with Gasteiger partial charge in [0.05, 0.1) is 0 Å². The van der Waals surface area contributed by atoms with Gasteiger partial charge in [-0.15, -0.1) is 0 Å². The number of rotatable bonds is 5. The third-order valence-electron chi connectivity index (χ3n) is 2.77. The number of Topliss-reactive ketones (excluding diaryl/α,β-unsaturated/α-hetero) is 1. The Hall–Kier alpha value is -0.200. The van der Waals surface area contributed by atoms with E-state index in [0.29, 0.717) is 5.56 Å². The first-order valence-electron chi connectivity index (χ1n) is 5.50. The fourth-order valence-electron chi connectivity index (χ4n) is 1.57. The first-order chi connectivity index (χ1) is 8.28. The molecule has 0 fully saturated rings. The quantitative estimate of drug-likeness (QED) is 0.563. The van der Waals surface area contributed by atoms with Gasteiger partial charge in [-0.05, 0) is 18.6 Å². The van der Waals surface area contributed by atoms with Crippen molar-refractivity contribution in [1.82, 2.24) is 0 Å². The largest absolute Gasteiger partial charge is 0.291 e. The molecule has 0 aromatic heterocycles. The molecule has 3 nitrogen and oxygen atoms in total. The molecule has 0 saturated heterocycles. The molecule has 18 heavy (non-hydrogen) atoms. The molecule has 0 radical (unpaired) electrons. The monoisotopic (exact) mass is 396 g/mol. The van der Waals surface area contributed by atoms with Gasteiger partial charge in [0.2, 0.25) is 0 Å². The van der Waals surface area contributed by atoms with Crippen LogP contribution < -0.4 is 0 Å². The molecule has 0 heterocycles. The molecule has 1 atom stereocenters. The van der Waals surface area contributed by atoms with E-state index in [1.54, 1.807) is 31.2 Å². The summed E-state index contributed by atoms with van der Waals surface area (Å²) in [6.07, 6.45) is 0.193. The normalized spacial score (nSPS) is 15.1. The van der Waals surface area contributed by atoms with Gasteiger partial charge in [0.25, 0.3) is 0 Å². The Bertz CT molecular complexity index is 537. The fraction of sp³-hybridized carbons (Fsp3) is 0.417. The Labute approximate surface area is 124 Å². The van der Waals surface area contributed by atoms with E-state index in [4.69, 9.17) is 0 Å². The van der Waals surface area contributed by atoms with E-state index in [9.17, 15) is 13.2 Å². The number of alkyl halides is 1. The van der Waals surface area contributed by atoms with Gasteiger partial charge in [0.1, 0.15) is 0 Å². The Balaban J connectivity index is 3.26. The lowest BCUT2D eigenvalue weighted by atomic mass is 10.1. The van der Waals surface area contributed by atoms with Gasteiger partial charge in [-0.2, -0.15) is 0 Å².